The van der Waals surface area contributed by atoms with E-state index in [9.17, 15) is 14.0 Å². The van der Waals surface area contributed by atoms with Gasteiger partial charge in [0, 0.05) is 13.0 Å². The van der Waals surface area contributed by atoms with Crippen LogP contribution in [-0.4, -0.2) is 28.8 Å². The fourth-order valence-electron chi connectivity index (χ4n) is 4.46. The molecule has 0 bridgehead atoms. The van der Waals surface area contributed by atoms with Crippen molar-refractivity contribution in [3.8, 4) is 0 Å². The summed E-state index contributed by atoms with van der Waals surface area (Å²) in [6, 6.07) is 14.0. The maximum absolute atomic E-state index is 14.7. The van der Waals surface area contributed by atoms with Gasteiger partial charge in [-0.1, -0.05) is 42.5 Å². The van der Waals surface area contributed by atoms with Crippen LogP contribution in [0.15, 0.2) is 48.5 Å². The van der Waals surface area contributed by atoms with Gasteiger partial charge >= 0.3 is 0 Å². The first-order valence-electron chi connectivity index (χ1n) is 10.4. The molecule has 152 valence electrons. The van der Waals surface area contributed by atoms with Gasteiger partial charge in [0.2, 0.25) is 11.8 Å². The van der Waals surface area contributed by atoms with Crippen LogP contribution in [0.2, 0.25) is 0 Å². The summed E-state index contributed by atoms with van der Waals surface area (Å²) in [6.07, 6.45) is 3.52. The molecule has 29 heavy (non-hydrogen) atoms. The Morgan fingerprint density at radius 2 is 1.76 bits per heavy atom. The Kier molecular flexibility index (Phi) is 5.39. The number of rotatable bonds is 5. The largest absolute Gasteiger partial charge is 0.343 e. The quantitative estimate of drug-likeness (QED) is 0.822. The van der Waals surface area contributed by atoms with Crippen LogP contribution in [0.5, 0.6) is 0 Å². The molecule has 1 saturated heterocycles. The minimum absolute atomic E-state index is 0.0497. The lowest BCUT2D eigenvalue weighted by Crippen LogP contribution is -2.48. The Labute approximate surface area is 171 Å². The first kappa shape index (κ1) is 19.6. The van der Waals surface area contributed by atoms with Crippen LogP contribution in [0, 0.1) is 5.82 Å². The molecule has 5 heteroatoms. The third kappa shape index (κ3) is 4.04. The molecule has 1 aliphatic carbocycles. The minimum atomic E-state index is -0.482. The molecule has 1 aliphatic heterocycles. The van der Waals surface area contributed by atoms with E-state index in [-0.39, 0.29) is 23.7 Å². The summed E-state index contributed by atoms with van der Waals surface area (Å²) < 4.78 is 14.7. The third-order valence-electron chi connectivity index (χ3n) is 6.13. The Hall–Kier alpha value is -2.69. The second-order valence-electron chi connectivity index (χ2n) is 8.28. The van der Waals surface area contributed by atoms with Gasteiger partial charge in [0.05, 0.1) is 6.04 Å². The minimum Gasteiger partial charge on any atom is -0.343 e. The molecule has 1 heterocycles. The lowest BCUT2D eigenvalue weighted by atomic mass is 9.96. The van der Waals surface area contributed by atoms with E-state index in [2.05, 4.69) is 5.32 Å². The number of amides is 2. The topological polar surface area (TPSA) is 49.4 Å². The van der Waals surface area contributed by atoms with E-state index in [0.29, 0.717) is 17.9 Å². The van der Waals surface area contributed by atoms with Gasteiger partial charge in [0.1, 0.15) is 11.9 Å². The predicted molar refractivity (Wildman–Crippen MR) is 110 cm³/mol. The second-order valence-corrected chi connectivity index (χ2v) is 8.28. The molecule has 3 atom stereocenters. The summed E-state index contributed by atoms with van der Waals surface area (Å²) in [5.74, 6) is -0.158. The first-order valence-corrected chi connectivity index (χ1v) is 10.4. The summed E-state index contributed by atoms with van der Waals surface area (Å²) >= 11 is 0. The SMILES string of the molecule is CC(=O)N1C(C)CCC1C(=O)NC(c1ccccc1)c1ccc(C2CC2)c(F)c1. The molecule has 2 amide bonds. The fourth-order valence-corrected chi connectivity index (χ4v) is 4.46. The summed E-state index contributed by atoms with van der Waals surface area (Å²) in [5.41, 5.74) is 2.37. The average molecular weight is 394 g/mol. The Morgan fingerprint density at radius 3 is 2.38 bits per heavy atom. The number of hydrogen-bond acceptors (Lipinski definition) is 2. The average Bonchev–Trinajstić information content (AvgIpc) is 3.47. The summed E-state index contributed by atoms with van der Waals surface area (Å²) in [6.45, 7) is 3.47. The van der Waals surface area contributed by atoms with Gasteiger partial charge in [-0.05, 0) is 61.3 Å². The highest BCUT2D eigenvalue weighted by Gasteiger charge is 2.38. The fraction of sp³-hybridized carbons (Fsp3) is 0.417. The number of halogens is 1. The van der Waals surface area contributed by atoms with Gasteiger partial charge in [-0.15, -0.1) is 0 Å². The lowest BCUT2D eigenvalue weighted by Gasteiger charge is -2.29. The first-order chi connectivity index (χ1) is 14.0. The predicted octanol–water partition coefficient (Wildman–Crippen LogP) is 4.31. The van der Waals surface area contributed by atoms with Gasteiger partial charge in [-0.25, -0.2) is 4.39 Å². The van der Waals surface area contributed by atoms with Crippen molar-refractivity contribution in [2.75, 3.05) is 0 Å². The number of carbonyl (C=O) groups is 2. The smallest absolute Gasteiger partial charge is 0.243 e. The van der Waals surface area contributed by atoms with E-state index in [1.165, 1.54) is 6.92 Å². The molecule has 2 aliphatic rings. The third-order valence-corrected chi connectivity index (χ3v) is 6.13. The van der Waals surface area contributed by atoms with Crippen LogP contribution in [0.25, 0.3) is 0 Å². The highest BCUT2D eigenvalue weighted by Crippen LogP contribution is 2.42. The van der Waals surface area contributed by atoms with Crippen molar-refractivity contribution in [3.63, 3.8) is 0 Å². The summed E-state index contributed by atoms with van der Waals surface area (Å²) in [7, 11) is 0. The van der Waals surface area contributed by atoms with Gasteiger partial charge in [-0.2, -0.15) is 0 Å². The lowest BCUT2D eigenvalue weighted by molar-refractivity contribution is -0.138. The van der Waals surface area contributed by atoms with Crippen LogP contribution in [0.4, 0.5) is 4.39 Å². The molecule has 2 fully saturated rings. The second kappa shape index (κ2) is 7.97. The monoisotopic (exact) mass is 394 g/mol. The molecule has 0 spiro atoms. The normalized spacial score (nSPS) is 22.4. The van der Waals surface area contributed by atoms with Crippen molar-refractivity contribution in [2.45, 2.75) is 63.6 Å². The van der Waals surface area contributed by atoms with Crippen LogP contribution >= 0.6 is 0 Å². The zero-order chi connectivity index (χ0) is 20.5. The Bertz CT molecular complexity index is 910. The molecule has 2 aromatic rings. The molecule has 0 radical (unpaired) electrons. The molecule has 1 saturated carbocycles. The van der Waals surface area contributed by atoms with Crippen LogP contribution in [0.1, 0.15) is 68.2 Å². The van der Waals surface area contributed by atoms with Crippen molar-refractivity contribution < 1.29 is 14.0 Å². The molecule has 2 aromatic carbocycles. The highest BCUT2D eigenvalue weighted by molar-refractivity contribution is 5.88. The van der Waals surface area contributed by atoms with E-state index in [1.807, 2.05) is 49.4 Å². The van der Waals surface area contributed by atoms with E-state index in [1.54, 1.807) is 11.0 Å². The molecular weight excluding hydrogens is 367 g/mol. The number of benzene rings is 2. The maximum atomic E-state index is 14.7. The maximum Gasteiger partial charge on any atom is 0.243 e. The number of hydrogen-bond donors (Lipinski definition) is 1. The number of nitrogens with one attached hydrogen (secondary N) is 1. The van der Waals surface area contributed by atoms with Gasteiger partial charge in [0.25, 0.3) is 0 Å². The van der Waals surface area contributed by atoms with Crippen molar-refractivity contribution in [2.24, 2.45) is 0 Å². The molecule has 3 unspecified atom stereocenters. The van der Waals surface area contributed by atoms with Crippen molar-refractivity contribution in [3.05, 3.63) is 71.0 Å². The standard InChI is InChI=1S/C24H27FN2O2/c1-15-8-13-22(27(15)16(2)28)24(29)26-23(18-6-4-3-5-7-18)19-11-12-20(17-9-10-17)21(25)14-19/h3-7,11-12,14-15,17,22-23H,8-10,13H2,1-2H3,(H,26,29). The summed E-state index contributed by atoms with van der Waals surface area (Å²) in [5, 5.41) is 3.09. The van der Waals surface area contributed by atoms with Crippen LogP contribution in [0.3, 0.4) is 0 Å². The van der Waals surface area contributed by atoms with Crippen molar-refractivity contribution >= 4 is 11.8 Å². The molecule has 1 N–H and O–H groups in total. The number of carbonyl (C=O) groups excluding carboxylic acids is 2. The van der Waals surface area contributed by atoms with E-state index in [0.717, 1.165) is 30.4 Å². The van der Waals surface area contributed by atoms with Gasteiger partial charge in [-0.3, -0.25) is 9.59 Å². The van der Waals surface area contributed by atoms with E-state index >= 15 is 0 Å². The molecule has 0 aromatic heterocycles. The van der Waals surface area contributed by atoms with Crippen molar-refractivity contribution in [1.29, 1.82) is 0 Å². The Balaban J connectivity index is 1.62. The summed E-state index contributed by atoms with van der Waals surface area (Å²) in [4.78, 5) is 26.8. The number of nitrogens with zero attached hydrogens (tertiary/aromatic N) is 1. The zero-order valence-electron chi connectivity index (χ0n) is 16.9. The van der Waals surface area contributed by atoms with Gasteiger partial charge < -0.3 is 10.2 Å². The van der Waals surface area contributed by atoms with Crippen molar-refractivity contribution in [1.82, 2.24) is 10.2 Å². The molecule has 4 rings (SSSR count). The molecular formula is C24H27FN2O2. The van der Waals surface area contributed by atoms with Crippen LogP contribution < -0.4 is 5.32 Å². The van der Waals surface area contributed by atoms with E-state index in [4.69, 9.17) is 0 Å². The highest BCUT2D eigenvalue weighted by atomic mass is 19.1. The number of likely N-dealkylation sites (tertiary alicyclic amines) is 1. The zero-order valence-corrected chi connectivity index (χ0v) is 16.9. The van der Waals surface area contributed by atoms with Crippen LogP contribution in [-0.2, 0) is 9.59 Å². The van der Waals surface area contributed by atoms with E-state index < -0.39 is 12.1 Å². The molecule has 4 nitrogen and oxygen atoms in total. The van der Waals surface area contributed by atoms with Gasteiger partial charge in [0.15, 0.2) is 0 Å². The Morgan fingerprint density at radius 1 is 1.03 bits per heavy atom.